The minimum absolute atomic E-state index is 0.0567. The second-order valence-corrected chi connectivity index (χ2v) is 7.90. The Morgan fingerprint density at radius 3 is 2.48 bits per heavy atom. The molecule has 1 aliphatic heterocycles. The van der Waals surface area contributed by atoms with E-state index in [1.165, 1.54) is 31.2 Å². The van der Waals surface area contributed by atoms with Crippen LogP contribution in [0.2, 0.25) is 0 Å². The highest BCUT2D eigenvalue weighted by molar-refractivity contribution is 5.80. The quantitative estimate of drug-likeness (QED) is 0.621. The van der Waals surface area contributed by atoms with Crippen molar-refractivity contribution < 1.29 is 9.59 Å². The van der Waals surface area contributed by atoms with Crippen molar-refractivity contribution in [3.63, 3.8) is 0 Å². The SMILES string of the molecule is CCCCCCC(C)NC(=O)C1CCN(C(=O)CCc2ccccc2)CC1. The van der Waals surface area contributed by atoms with Gasteiger partial charge in [-0.3, -0.25) is 9.59 Å². The summed E-state index contributed by atoms with van der Waals surface area (Å²) in [6.07, 6.45) is 8.91. The summed E-state index contributed by atoms with van der Waals surface area (Å²) in [6.45, 7) is 5.73. The van der Waals surface area contributed by atoms with Crippen molar-refractivity contribution >= 4 is 11.8 Å². The third-order valence-electron chi connectivity index (χ3n) is 5.57. The molecule has 2 amide bonds. The number of benzene rings is 1. The van der Waals surface area contributed by atoms with Gasteiger partial charge < -0.3 is 10.2 Å². The Labute approximate surface area is 164 Å². The maximum absolute atomic E-state index is 12.5. The summed E-state index contributed by atoms with van der Waals surface area (Å²) in [6, 6.07) is 10.4. The van der Waals surface area contributed by atoms with E-state index in [9.17, 15) is 9.59 Å². The van der Waals surface area contributed by atoms with Crippen molar-refractivity contribution in [3.8, 4) is 0 Å². The predicted octanol–water partition coefficient (Wildman–Crippen LogP) is 4.33. The van der Waals surface area contributed by atoms with Gasteiger partial charge in [-0.1, -0.05) is 62.9 Å². The summed E-state index contributed by atoms with van der Waals surface area (Å²) in [5, 5.41) is 3.17. The largest absolute Gasteiger partial charge is 0.353 e. The molecule has 0 saturated carbocycles. The fraction of sp³-hybridized carbons (Fsp3) is 0.652. The summed E-state index contributed by atoms with van der Waals surface area (Å²) in [7, 11) is 0. The van der Waals surface area contributed by atoms with Crippen LogP contribution >= 0.6 is 0 Å². The average Bonchev–Trinajstić information content (AvgIpc) is 2.70. The molecule has 1 aromatic carbocycles. The lowest BCUT2D eigenvalue weighted by Crippen LogP contribution is -2.44. The normalized spacial score (nSPS) is 16.1. The third kappa shape index (κ3) is 7.74. The summed E-state index contributed by atoms with van der Waals surface area (Å²) >= 11 is 0. The smallest absolute Gasteiger partial charge is 0.223 e. The molecular formula is C23H36N2O2. The molecule has 4 nitrogen and oxygen atoms in total. The number of nitrogens with zero attached hydrogens (tertiary/aromatic N) is 1. The number of carbonyl (C=O) groups excluding carboxylic acids is 2. The van der Waals surface area contributed by atoms with Gasteiger partial charge >= 0.3 is 0 Å². The topological polar surface area (TPSA) is 49.4 Å². The van der Waals surface area contributed by atoms with Gasteiger partial charge in [0.2, 0.25) is 11.8 Å². The first kappa shape index (κ1) is 21.5. The number of rotatable bonds is 10. The molecular weight excluding hydrogens is 336 g/mol. The minimum Gasteiger partial charge on any atom is -0.353 e. The second kappa shape index (κ2) is 11.8. The Morgan fingerprint density at radius 1 is 1.11 bits per heavy atom. The molecule has 1 fully saturated rings. The van der Waals surface area contributed by atoms with Gasteiger partial charge in [0.05, 0.1) is 0 Å². The van der Waals surface area contributed by atoms with E-state index in [0.717, 1.165) is 25.7 Å². The number of hydrogen-bond donors (Lipinski definition) is 1. The molecule has 150 valence electrons. The highest BCUT2D eigenvalue weighted by Crippen LogP contribution is 2.19. The molecule has 1 saturated heterocycles. The predicted molar refractivity (Wildman–Crippen MR) is 110 cm³/mol. The first-order valence-corrected chi connectivity index (χ1v) is 10.7. The maximum atomic E-state index is 12.5. The van der Waals surface area contributed by atoms with Crippen LogP contribution in [0, 0.1) is 5.92 Å². The molecule has 0 aliphatic carbocycles. The Kier molecular flexibility index (Phi) is 9.37. The van der Waals surface area contributed by atoms with E-state index in [4.69, 9.17) is 0 Å². The van der Waals surface area contributed by atoms with Crippen LogP contribution in [0.25, 0.3) is 0 Å². The first-order valence-electron chi connectivity index (χ1n) is 10.7. The van der Waals surface area contributed by atoms with Crippen LogP contribution in [0.15, 0.2) is 30.3 Å². The zero-order valence-corrected chi connectivity index (χ0v) is 17.1. The van der Waals surface area contributed by atoms with E-state index in [0.29, 0.717) is 19.5 Å². The zero-order chi connectivity index (χ0) is 19.5. The molecule has 0 aromatic heterocycles. The zero-order valence-electron chi connectivity index (χ0n) is 17.1. The van der Waals surface area contributed by atoms with Gasteiger partial charge in [0, 0.05) is 31.5 Å². The monoisotopic (exact) mass is 372 g/mol. The maximum Gasteiger partial charge on any atom is 0.223 e. The van der Waals surface area contributed by atoms with Gasteiger partial charge in [-0.05, 0) is 38.2 Å². The number of nitrogens with one attached hydrogen (secondary N) is 1. The molecule has 0 spiro atoms. The fourth-order valence-electron chi connectivity index (χ4n) is 3.76. The molecule has 0 bridgehead atoms. The van der Waals surface area contributed by atoms with Crippen LogP contribution in [-0.4, -0.2) is 35.8 Å². The summed E-state index contributed by atoms with van der Waals surface area (Å²) in [5.41, 5.74) is 1.20. The molecule has 1 aromatic rings. The van der Waals surface area contributed by atoms with E-state index in [2.05, 4.69) is 31.3 Å². The Morgan fingerprint density at radius 2 is 1.81 bits per heavy atom. The highest BCUT2D eigenvalue weighted by atomic mass is 16.2. The van der Waals surface area contributed by atoms with E-state index < -0.39 is 0 Å². The fourth-order valence-corrected chi connectivity index (χ4v) is 3.76. The molecule has 4 heteroatoms. The molecule has 1 heterocycles. The molecule has 1 unspecified atom stereocenters. The van der Waals surface area contributed by atoms with Crippen LogP contribution in [0.5, 0.6) is 0 Å². The lowest BCUT2D eigenvalue weighted by molar-refractivity contribution is -0.135. The molecule has 0 radical (unpaired) electrons. The molecule has 27 heavy (non-hydrogen) atoms. The van der Waals surface area contributed by atoms with Gasteiger partial charge in [-0.15, -0.1) is 0 Å². The minimum atomic E-state index is 0.0567. The first-order chi connectivity index (χ1) is 13.1. The molecule has 2 rings (SSSR count). The Hall–Kier alpha value is -1.84. The number of likely N-dealkylation sites (tertiary alicyclic amines) is 1. The van der Waals surface area contributed by atoms with Crippen molar-refractivity contribution in [1.29, 1.82) is 0 Å². The standard InChI is InChI=1S/C23H36N2O2/c1-3-4-5-7-10-19(2)24-23(27)21-15-17-25(18-16-21)22(26)14-13-20-11-8-6-9-12-20/h6,8-9,11-12,19,21H,3-5,7,10,13-18H2,1-2H3,(H,24,27). The van der Waals surface area contributed by atoms with Gasteiger partial charge in [0.25, 0.3) is 0 Å². The van der Waals surface area contributed by atoms with Crippen LogP contribution in [0.4, 0.5) is 0 Å². The molecule has 1 atom stereocenters. The van der Waals surface area contributed by atoms with E-state index >= 15 is 0 Å². The third-order valence-corrected chi connectivity index (χ3v) is 5.57. The number of piperidine rings is 1. The van der Waals surface area contributed by atoms with E-state index in [1.54, 1.807) is 0 Å². The summed E-state index contributed by atoms with van der Waals surface area (Å²) in [5.74, 6) is 0.442. The highest BCUT2D eigenvalue weighted by Gasteiger charge is 2.27. The van der Waals surface area contributed by atoms with Gasteiger partial charge in [-0.25, -0.2) is 0 Å². The van der Waals surface area contributed by atoms with Crippen LogP contribution in [0.1, 0.15) is 70.8 Å². The number of carbonyl (C=O) groups is 2. The summed E-state index contributed by atoms with van der Waals surface area (Å²) < 4.78 is 0. The number of unbranched alkanes of at least 4 members (excludes halogenated alkanes) is 3. The van der Waals surface area contributed by atoms with Gasteiger partial charge in [0.1, 0.15) is 0 Å². The van der Waals surface area contributed by atoms with E-state index in [-0.39, 0.29) is 23.8 Å². The average molecular weight is 373 g/mol. The van der Waals surface area contributed by atoms with Gasteiger partial charge in [-0.2, -0.15) is 0 Å². The van der Waals surface area contributed by atoms with Crippen molar-refractivity contribution in [2.45, 2.75) is 77.7 Å². The van der Waals surface area contributed by atoms with Crippen LogP contribution in [-0.2, 0) is 16.0 Å². The number of hydrogen-bond acceptors (Lipinski definition) is 2. The van der Waals surface area contributed by atoms with Crippen molar-refractivity contribution in [2.75, 3.05) is 13.1 Å². The molecule has 1 N–H and O–H groups in total. The second-order valence-electron chi connectivity index (χ2n) is 7.90. The van der Waals surface area contributed by atoms with Crippen LogP contribution in [0.3, 0.4) is 0 Å². The Bertz CT molecular complexity index is 565. The number of amides is 2. The van der Waals surface area contributed by atoms with Crippen molar-refractivity contribution in [2.24, 2.45) is 5.92 Å². The summed E-state index contributed by atoms with van der Waals surface area (Å²) in [4.78, 5) is 26.8. The van der Waals surface area contributed by atoms with Crippen LogP contribution < -0.4 is 5.32 Å². The van der Waals surface area contributed by atoms with Crippen molar-refractivity contribution in [1.82, 2.24) is 10.2 Å². The Balaban J connectivity index is 1.65. The molecule has 1 aliphatic rings. The lowest BCUT2D eigenvalue weighted by atomic mass is 9.95. The number of aryl methyl sites for hydroxylation is 1. The van der Waals surface area contributed by atoms with E-state index in [1.807, 2.05) is 23.1 Å². The van der Waals surface area contributed by atoms with Crippen molar-refractivity contribution in [3.05, 3.63) is 35.9 Å². The van der Waals surface area contributed by atoms with Gasteiger partial charge in [0.15, 0.2) is 0 Å². The lowest BCUT2D eigenvalue weighted by Gasteiger charge is -2.32.